The van der Waals surface area contributed by atoms with Crippen LogP contribution < -0.4 is 15.8 Å². The van der Waals surface area contributed by atoms with Gasteiger partial charge in [0, 0.05) is 0 Å². The zero-order chi connectivity index (χ0) is 15.8. The molecule has 1 aromatic carbocycles. The molecular formula is C15H20N2O4. The van der Waals surface area contributed by atoms with E-state index >= 15 is 0 Å². The number of hydrogen-bond acceptors (Lipinski definition) is 5. The quantitative estimate of drug-likeness (QED) is 0.606. The highest BCUT2D eigenvalue weighted by molar-refractivity contribution is 6.07. The molecule has 1 aliphatic heterocycles. The second-order valence-electron chi connectivity index (χ2n) is 6.24. The largest absolute Gasteiger partial charge is 0.470 e. The van der Waals surface area contributed by atoms with Gasteiger partial charge in [-0.05, 0) is 39.8 Å². The Labute approximate surface area is 123 Å². The van der Waals surface area contributed by atoms with Gasteiger partial charge >= 0.3 is 5.97 Å². The minimum atomic E-state index is -1.50. The maximum absolute atomic E-state index is 12.3. The van der Waals surface area contributed by atoms with Gasteiger partial charge in [0.15, 0.2) is 11.6 Å². The van der Waals surface area contributed by atoms with E-state index in [4.69, 9.17) is 15.2 Å². The molecule has 1 heterocycles. The van der Waals surface area contributed by atoms with Crippen molar-refractivity contribution in [2.45, 2.75) is 39.0 Å². The van der Waals surface area contributed by atoms with Crippen LogP contribution >= 0.6 is 0 Å². The van der Waals surface area contributed by atoms with E-state index < -0.39 is 29.1 Å². The summed E-state index contributed by atoms with van der Waals surface area (Å²) in [6.07, 6.45) is 0. The Balaban J connectivity index is 2.35. The van der Waals surface area contributed by atoms with E-state index in [1.54, 1.807) is 45.0 Å². The lowest BCUT2D eigenvalue weighted by Gasteiger charge is -2.31. The molecule has 0 radical (unpaired) electrons. The van der Waals surface area contributed by atoms with Crippen molar-refractivity contribution in [3.05, 3.63) is 24.3 Å². The van der Waals surface area contributed by atoms with Gasteiger partial charge in [0.05, 0.1) is 5.69 Å². The highest BCUT2D eigenvalue weighted by atomic mass is 16.6. The Hall–Kier alpha value is -2.08. The topological polar surface area (TPSA) is 90.7 Å². The molecule has 21 heavy (non-hydrogen) atoms. The van der Waals surface area contributed by atoms with E-state index in [1.165, 1.54) is 6.92 Å². The second-order valence-corrected chi connectivity index (χ2v) is 6.24. The molecule has 6 heteroatoms. The summed E-state index contributed by atoms with van der Waals surface area (Å²) in [7, 11) is 0. The average molecular weight is 292 g/mol. The first-order chi connectivity index (χ1) is 9.60. The number of nitrogens with two attached hydrogens (primary N) is 1. The van der Waals surface area contributed by atoms with Gasteiger partial charge in [0.1, 0.15) is 11.4 Å². The van der Waals surface area contributed by atoms with Crippen molar-refractivity contribution in [3.63, 3.8) is 0 Å². The van der Waals surface area contributed by atoms with E-state index in [1.807, 2.05) is 0 Å². The Kier molecular flexibility index (Phi) is 3.67. The number of hydrogen-bond donors (Lipinski definition) is 2. The van der Waals surface area contributed by atoms with E-state index in [2.05, 4.69) is 5.32 Å². The molecule has 0 saturated carbocycles. The van der Waals surface area contributed by atoms with E-state index in [0.29, 0.717) is 11.4 Å². The van der Waals surface area contributed by atoms with Crippen LogP contribution in [0.25, 0.3) is 0 Å². The molecule has 3 N–H and O–H groups in total. The van der Waals surface area contributed by atoms with Gasteiger partial charge in [-0.1, -0.05) is 12.1 Å². The Morgan fingerprint density at radius 2 is 2.00 bits per heavy atom. The van der Waals surface area contributed by atoms with Crippen molar-refractivity contribution in [1.29, 1.82) is 0 Å². The summed E-state index contributed by atoms with van der Waals surface area (Å²) in [5, 5.41) is 2.65. The fourth-order valence-electron chi connectivity index (χ4n) is 2.12. The molecule has 6 nitrogen and oxygen atoms in total. The molecule has 1 aliphatic rings. The van der Waals surface area contributed by atoms with Gasteiger partial charge < -0.3 is 14.8 Å². The van der Waals surface area contributed by atoms with E-state index in [9.17, 15) is 9.59 Å². The van der Waals surface area contributed by atoms with Gasteiger partial charge in [-0.2, -0.15) is 0 Å². The number of nitrogens with one attached hydrogen (secondary N) is 1. The Bertz CT molecular complexity index is 575. The van der Waals surface area contributed by atoms with Crippen molar-refractivity contribution in [2.75, 3.05) is 5.32 Å². The molecule has 0 aliphatic carbocycles. The summed E-state index contributed by atoms with van der Waals surface area (Å²) >= 11 is 0. The number of benzene rings is 1. The third-order valence-electron chi connectivity index (χ3n) is 2.95. The Morgan fingerprint density at radius 1 is 1.38 bits per heavy atom. The standard InChI is InChI=1S/C15H20N2O4/c1-14(2,3)21-13(19)11-12(18)17-9-7-5-6-8-10(9)20-15(11,4)16/h5-8,11H,16H2,1-4H3,(H,17,18)/t11-,15+/m1/s1. The van der Waals surface area contributed by atoms with Crippen LogP contribution in [0.2, 0.25) is 0 Å². The SMILES string of the molecule is CC(C)(C)OC(=O)[C@H]1C(=O)Nc2ccccc2O[C@]1(C)N. The molecule has 0 unspecified atom stereocenters. The number of anilines is 1. The van der Waals surface area contributed by atoms with Crippen LogP contribution in [0.1, 0.15) is 27.7 Å². The fourth-order valence-corrected chi connectivity index (χ4v) is 2.12. The van der Waals surface area contributed by atoms with Crippen LogP contribution in [0.5, 0.6) is 5.75 Å². The summed E-state index contributed by atoms with van der Waals surface area (Å²) in [4.78, 5) is 24.6. The molecular weight excluding hydrogens is 272 g/mol. The van der Waals surface area contributed by atoms with Crippen molar-refractivity contribution in [1.82, 2.24) is 0 Å². The van der Waals surface area contributed by atoms with E-state index in [0.717, 1.165) is 0 Å². The van der Waals surface area contributed by atoms with Crippen LogP contribution in [-0.2, 0) is 14.3 Å². The lowest BCUT2D eigenvalue weighted by Crippen LogP contribution is -2.57. The van der Waals surface area contributed by atoms with Crippen LogP contribution in [-0.4, -0.2) is 23.2 Å². The zero-order valence-electron chi connectivity index (χ0n) is 12.6. The lowest BCUT2D eigenvalue weighted by atomic mass is 9.96. The number of rotatable bonds is 1. The van der Waals surface area contributed by atoms with Crippen molar-refractivity contribution in [3.8, 4) is 5.75 Å². The number of carbonyl (C=O) groups excluding carboxylic acids is 2. The number of para-hydroxylation sites is 2. The second kappa shape index (κ2) is 5.04. The first-order valence-corrected chi connectivity index (χ1v) is 6.71. The van der Waals surface area contributed by atoms with Crippen molar-refractivity contribution in [2.24, 2.45) is 11.7 Å². The minimum Gasteiger partial charge on any atom is -0.470 e. The first-order valence-electron chi connectivity index (χ1n) is 6.71. The first kappa shape index (κ1) is 15.3. The number of fused-ring (bicyclic) bond motifs is 1. The van der Waals surface area contributed by atoms with Gasteiger partial charge in [0.25, 0.3) is 0 Å². The van der Waals surface area contributed by atoms with Crippen LogP contribution in [0, 0.1) is 5.92 Å². The summed E-state index contributed by atoms with van der Waals surface area (Å²) in [5.74, 6) is -2.09. The molecule has 114 valence electrons. The molecule has 0 fully saturated rings. The highest BCUT2D eigenvalue weighted by Gasteiger charge is 2.48. The van der Waals surface area contributed by atoms with Crippen LogP contribution in [0.3, 0.4) is 0 Å². The molecule has 0 saturated heterocycles. The van der Waals surface area contributed by atoms with Crippen LogP contribution in [0.4, 0.5) is 5.69 Å². The normalized spacial score (nSPS) is 25.2. The number of esters is 1. The van der Waals surface area contributed by atoms with Gasteiger partial charge in [-0.15, -0.1) is 0 Å². The summed E-state index contributed by atoms with van der Waals surface area (Å²) < 4.78 is 10.9. The van der Waals surface area contributed by atoms with Crippen molar-refractivity contribution >= 4 is 17.6 Å². The highest BCUT2D eigenvalue weighted by Crippen LogP contribution is 2.34. The van der Waals surface area contributed by atoms with E-state index in [-0.39, 0.29) is 0 Å². The number of amides is 1. The predicted molar refractivity (Wildman–Crippen MR) is 77.6 cm³/mol. The molecule has 1 aromatic rings. The summed E-state index contributed by atoms with van der Waals surface area (Å²) in [6, 6.07) is 6.87. The smallest absolute Gasteiger partial charge is 0.324 e. The van der Waals surface area contributed by atoms with Gasteiger partial charge in [0.2, 0.25) is 5.91 Å². The minimum absolute atomic E-state index is 0.418. The van der Waals surface area contributed by atoms with Crippen LogP contribution in [0.15, 0.2) is 24.3 Å². The van der Waals surface area contributed by atoms with Gasteiger partial charge in [-0.3, -0.25) is 15.3 Å². The average Bonchev–Trinajstić information content (AvgIpc) is 2.37. The molecule has 0 bridgehead atoms. The maximum atomic E-state index is 12.3. The number of carbonyl (C=O) groups is 2. The monoisotopic (exact) mass is 292 g/mol. The lowest BCUT2D eigenvalue weighted by molar-refractivity contribution is -0.169. The summed E-state index contributed by atoms with van der Waals surface area (Å²) in [6.45, 7) is 6.66. The third kappa shape index (κ3) is 3.33. The maximum Gasteiger partial charge on any atom is 0.324 e. The predicted octanol–water partition coefficient (Wildman–Crippen LogP) is 1.65. The van der Waals surface area contributed by atoms with Crippen molar-refractivity contribution < 1.29 is 19.1 Å². The molecule has 0 aromatic heterocycles. The third-order valence-corrected chi connectivity index (χ3v) is 2.95. The Morgan fingerprint density at radius 3 is 2.62 bits per heavy atom. The molecule has 2 rings (SSSR count). The molecule has 1 amide bonds. The summed E-state index contributed by atoms with van der Waals surface area (Å²) in [5.41, 5.74) is 4.32. The van der Waals surface area contributed by atoms with Gasteiger partial charge in [-0.25, -0.2) is 0 Å². The molecule has 0 spiro atoms. The number of ether oxygens (including phenoxy) is 2. The fraction of sp³-hybridized carbons (Fsp3) is 0.467. The molecule has 2 atom stereocenters. The zero-order valence-corrected chi connectivity index (χ0v) is 12.6.